The summed E-state index contributed by atoms with van der Waals surface area (Å²) in [6.07, 6.45) is 0. The highest BCUT2D eigenvalue weighted by Crippen LogP contribution is 2.40. The van der Waals surface area contributed by atoms with Crippen molar-refractivity contribution in [1.82, 2.24) is 9.62 Å². The van der Waals surface area contributed by atoms with Crippen LogP contribution in [0.4, 0.5) is 0 Å². The third-order valence-electron chi connectivity index (χ3n) is 3.64. The Bertz CT molecular complexity index is 797. The summed E-state index contributed by atoms with van der Waals surface area (Å²) in [6.45, 7) is 9.42. The first kappa shape index (κ1) is 19.8. The van der Waals surface area contributed by atoms with Crippen molar-refractivity contribution >= 4 is 31.4 Å². The van der Waals surface area contributed by atoms with Crippen LogP contribution in [0.1, 0.15) is 38.6 Å². The van der Waals surface area contributed by atoms with Crippen LogP contribution in [0.15, 0.2) is 15.2 Å². The van der Waals surface area contributed by atoms with Gasteiger partial charge in [0.15, 0.2) is 0 Å². The van der Waals surface area contributed by atoms with Gasteiger partial charge in [-0.15, -0.1) is 11.3 Å². The number of hydrogen-bond donors (Lipinski definition) is 2. The molecule has 0 aromatic carbocycles. The van der Waals surface area contributed by atoms with E-state index in [2.05, 4.69) is 19.2 Å². The Kier molecular flexibility index (Phi) is 5.78. The van der Waals surface area contributed by atoms with Crippen LogP contribution < -0.4 is 10.5 Å². The van der Waals surface area contributed by atoms with E-state index in [1.54, 1.807) is 0 Å². The molecule has 138 valence electrons. The van der Waals surface area contributed by atoms with Crippen molar-refractivity contribution in [3.63, 3.8) is 0 Å². The number of nitrogens with two attached hydrogens (primary N) is 1. The van der Waals surface area contributed by atoms with Crippen LogP contribution in [0.5, 0.6) is 0 Å². The maximum absolute atomic E-state index is 12.8. The van der Waals surface area contributed by atoms with Gasteiger partial charge in [0.1, 0.15) is 4.21 Å². The lowest BCUT2D eigenvalue weighted by atomic mass is 10.1. The smallest absolute Gasteiger partial charge is 0.247 e. The summed E-state index contributed by atoms with van der Waals surface area (Å²) >= 11 is 0.944. The molecule has 0 aliphatic carbocycles. The molecule has 7 nitrogen and oxygen atoms in total. The van der Waals surface area contributed by atoms with Crippen LogP contribution in [-0.4, -0.2) is 40.8 Å². The summed E-state index contributed by atoms with van der Waals surface area (Å²) in [4.78, 5) is 0.587. The minimum atomic E-state index is -3.93. The first-order valence-corrected chi connectivity index (χ1v) is 11.6. The Morgan fingerprint density at radius 1 is 1.33 bits per heavy atom. The lowest BCUT2D eigenvalue weighted by molar-refractivity contribution is 0.310. The highest BCUT2D eigenvalue weighted by Gasteiger charge is 2.39. The maximum Gasteiger partial charge on any atom is 0.247 e. The zero-order valence-electron chi connectivity index (χ0n) is 14.3. The van der Waals surface area contributed by atoms with E-state index in [-0.39, 0.29) is 21.1 Å². The minimum absolute atomic E-state index is 0.0599. The van der Waals surface area contributed by atoms with Crippen molar-refractivity contribution in [3.05, 3.63) is 10.9 Å². The van der Waals surface area contributed by atoms with Gasteiger partial charge in [-0.25, -0.2) is 22.0 Å². The van der Waals surface area contributed by atoms with E-state index in [4.69, 9.17) is 5.14 Å². The third-order valence-corrected chi connectivity index (χ3v) is 8.31. The maximum atomic E-state index is 12.8. The first-order chi connectivity index (χ1) is 10.9. The lowest BCUT2D eigenvalue weighted by Crippen LogP contribution is -2.45. The minimum Gasteiger partial charge on any atom is -0.308 e. The topological polar surface area (TPSA) is 110 Å². The molecular formula is C14H25N3O4S3. The van der Waals surface area contributed by atoms with Gasteiger partial charge in [0.05, 0.1) is 10.9 Å². The Labute approximate surface area is 148 Å². The van der Waals surface area contributed by atoms with E-state index in [9.17, 15) is 16.8 Å². The number of primary sulfonamides is 1. The van der Waals surface area contributed by atoms with E-state index in [0.717, 1.165) is 11.3 Å². The molecule has 0 radical (unpaired) electrons. The second-order valence-electron chi connectivity index (χ2n) is 6.91. The quantitative estimate of drug-likeness (QED) is 0.755. The van der Waals surface area contributed by atoms with E-state index in [1.165, 1.54) is 10.4 Å². The van der Waals surface area contributed by atoms with Gasteiger partial charge >= 0.3 is 0 Å². The molecule has 1 aliphatic rings. The van der Waals surface area contributed by atoms with Gasteiger partial charge in [0.25, 0.3) is 0 Å². The number of nitrogens with zero attached hydrogens (tertiary/aromatic N) is 1. The van der Waals surface area contributed by atoms with Gasteiger partial charge in [-0.1, -0.05) is 27.7 Å². The largest absolute Gasteiger partial charge is 0.308 e. The van der Waals surface area contributed by atoms with E-state index >= 15 is 0 Å². The monoisotopic (exact) mass is 395 g/mol. The van der Waals surface area contributed by atoms with Gasteiger partial charge in [0.2, 0.25) is 20.0 Å². The molecule has 2 rings (SSSR count). The molecule has 1 aromatic rings. The fourth-order valence-corrected chi connectivity index (χ4v) is 6.83. The zero-order valence-corrected chi connectivity index (χ0v) is 16.8. The lowest BCUT2D eigenvalue weighted by Gasteiger charge is -2.33. The molecule has 0 amide bonds. The average molecular weight is 396 g/mol. The second kappa shape index (κ2) is 7.00. The summed E-state index contributed by atoms with van der Waals surface area (Å²) in [6, 6.07) is 0.964. The zero-order chi connectivity index (χ0) is 18.3. The van der Waals surface area contributed by atoms with Crippen molar-refractivity contribution in [2.75, 3.05) is 19.6 Å². The van der Waals surface area contributed by atoms with Crippen LogP contribution >= 0.6 is 11.3 Å². The van der Waals surface area contributed by atoms with Crippen LogP contribution in [-0.2, 0) is 20.0 Å². The molecule has 0 saturated carbocycles. The van der Waals surface area contributed by atoms with Crippen LogP contribution in [0.3, 0.4) is 0 Å². The summed E-state index contributed by atoms with van der Waals surface area (Å²) in [7, 11) is -7.64. The van der Waals surface area contributed by atoms with E-state index in [1.807, 2.05) is 13.8 Å². The molecular weight excluding hydrogens is 370 g/mol. The average Bonchev–Trinajstić information content (AvgIpc) is 2.86. The summed E-state index contributed by atoms with van der Waals surface area (Å²) < 4.78 is 50.3. The fourth-order valence-electron chi connectivity index (χ4n) is 2.59. The molecule has 0 unspecified atom stereocenters. The Morgan fingerprint density at radius 2 is 1.96 bits per heavy atom. The van der Waals surface area contributed by atoms with Crippen molar-refractivity contribution in [1.29, 1.82) is 0 Å². The SMILES string of the molecule is CC(C)CN[C@@H]1CN(CC(C)C)S(=O)(=O)c2cc(S(N)(=O)=O)sc21. The molecule has 0 saturated heterocycles. The molecule has 10 heteroatoms. The third kappa shape index (κ3) is 4.17. The highest BCUT2D eigenvalue weighted by molar-refractivity contribution is 7.92. The van der Waals surface area contributed by atoms with Gasteiger partial charge < -0.3 is 5.32 Å². The molecule has 24 heavy (non-hydrogen) atoms. The standard InChI is InChI=1S/C14H25N3O4S3/c1-9(2)6-16-11-8-17(7-10(3)4)24(20,21)12-5-13(22-14(11)12)23(15,18)19/h5,9-11,16H,6-8H2,1-4H3,(H2,15,18,19)/t11-/m1/s1. The number of fused-ring (bicyclic) bond motifs is 1. The van der Waals surface area contributed by atoms with Crippen molar-refractivity contribution in [2.24, 2.45) is 17.0 Å². The summed E-state index contributed by atoms with van der Waals surface area (Å²) in [5.74, 6) is 0.562. The van der Waals surface area contributed by atoms with Crippen molar-refractivity contribution in [3.8, 4) is 0 Å². The Balaban J connectivity index is 2.51. The normalized spacial score (nSPS) is 21.4. The first-order valence-electron chi connectivity index (χ1n) is 7.83. The number of sulfonamides is 2. The molecule has 1 aliphatic heterocycles. The predicted octanol–water partition coefficient (Wildman–Crippen LogP) is 1.34. The van der Waals surface area contributed by atoms with Gasteiger partial charge in [-0.2, -0.15) is 4.31 Å². The highest BCUT2D eigenvalue weighted by atomic mass is 32.2. The Morgan fingerprint density at radius 3 is 2.46 bits per heavy atom. The van der Waals surface area contributed by atoms with Crippen molar-refractivity contribution in [2.45, 2.75) is 42.8 Å². The van der Waals surface area contributed by atoms with Crippen LogP contribution in [0, 0.1) is 11.8 Å². The van der Waals surface area contributed by atoms with E-state index in [0.29, 0.717) is 30.4 Å². The molecule has 3 N–H and O–H groups in total. The molecule has 1 atom stereocenters. The number of rotatable bonds is 6. The molecule has 1 aromatic heterocycles. The Hall–Kier alpha value is -0.520. The molecule has 2 heterocycles. The van der Waals surface area contributed by atoms with Gasteiger partial charge in [-0.3, -0.25) is 0 Å². The molecule has 0 fully saturated rings. The summed E-state index contributed by atoms with van der Waals surface area (Å²) in [5, 5.41) is 8.55. The predicted molar refractivity (Wildman–Crippen MR) is 94.9 cm³/mol. The van der Waals surface area contributed by atoms with Crippen LogP contribution in [0.25, 0.3) is 0 Å². The second-order valence-corrected chi connectivity index (χ2v) is 11.7. The summed E-state index contributed by atoms with van der Waals surface area (Å²) in [5.41, 5.74) is 0. The fraction of sp³-hybridized carbons (Fsp3) is 0.714. The number of hydrogen-bond acceptors (Lipinski definition) is 6. The van der Waals surface area contributed by atoms with E-state index < -0.39 is 20.0 Å². The molecule has 0 spiro atoms. The van der Waals surface area contributed by atoms with Gasteiger partial charge in [-0.05, 0) is 24.4 Å². The number of thiophene rings is 1. The van der Waals surface area contributed by atoms with Gasteiger partial charge in [0, 0.05) is 18.0 Å². The number of nitrogens with one attached hydrogen (secondary N) is 1. The molecule has 0 bridgehead atoms. The van der Waals surface area contributed by atoms with Crippen LogP contribution in [0.2, 0.25) is 0 Å². The van der Waals surface area contributed by atoms with Crippen molar-refractivity contribution < 1.29 is 16.8 Å².